The number of para-hydroxylation sites is 2. The predicted molar refractivity (Wildman–Crippen MR) is 176 cm³/mol. The highest BCUT2D eigenvalue weighted by atomic mass is 19.1. The zero-order valence-corrected chi connectivity index (χ0v) is 25.5. The number of carboxylic acids is 1. The Morgan fingerprint density at radius 2 is 1.50 bits per heavy atom. The molecule has 5 aromatic rings. The van der Waals surface area contributed by atoms with Crippen molar-refractivity contribution in [2.75, 3.05) is 17.5 Å². The minimum absolute atomic E-state index is 0.0666. The van der Waals surface area contributed by atoms with E-state index >= 15 is 0 Å². The number of fused-ring (bicyclic) bond motifs is 1. The van der Waals surface area contributed by atoms with E-state index in [1.807, 2.05) is 0 Å². The monoisotopic (exact) mass is 651 g/mol. The average Bonchev–Trinajstić information content (AvgIpc) is 3.48. The molecule has 244 valence electrons. The topological polar surface area (TPSA) is 166 Å². The van der Waals surface area contributed by atoms with Crippen LogP contribution in [0.25, 0.3) is 22.4 Å². The zero-order valence-electron chi connectivity index (χ0n) is 25.5. The number of carboxylic acid groups (broad SMARTS) is 1. The van der Waals surface area contributed by atoms with Crippen LogP contribution in [-0.2, 0) is 0 Å². The summed E-state index contributed by atoms with van der Waals surface area (Å²) in [4.78, 5) is 53.4. The molecule has 0 unspecified atom stereocenters. The number of rotatable bonds is 10. The molecule has 4 aromatic carbocycles. The fourth-order valence-corrected chi connectivity index (χ4v) is 5.99. The van der Waals surface area contributed by atoms with Crippen molar-refractivity contribution in [3.05, 3.63) is 112 Å². The first-order valence-electron chi connectivity index (χ1n) is 15.3. The van der Waals surface area contributed by atoms with Gasteiger partial charge in [-0.05, 0) is 67.4 Å². The molecule has 0 radical (unpaired) electrons. The van der Waals surface area contributed by atoms with E-state index < -0.39 is 35.3 Å². The van der Waals surface area contributed by atoms with Crippen LogP contribution in [0, 0.1) is 10.1 Å². The number of benzene rings is 4. The number of nitrogens with zero attached hydrogens (tertiary/aromatic N) is 3. The number of anilines is 2. The molecule has 3 N–H and O–H groups in total. The van der Waals surface area contributed by atoms with Gasteiger partial charge in [0.25, 0.3) is 11.8 Å². The molecule has 6 rings (SSSR count). The van der Waals surface area contributed by atoms with Gasteiger partial charge in [0.2, 0.25) is 6.86 Å². The highest BCUT2D eigenvalue weighted by Crippen LogP contribution is 2.36. The maximum atomic E-state index is 13.3. The second-order valence-electron chi connectivity index (χ2n) is 11.3. The molecule has 2 amide bonds. The number of carbonyl (C=O) groups excluding carboxylic acids is 2. The quantitative estimate of drug-likeness (QED) is 0.102. The van der Waals surface area contributed by atoms with Gasteiger partial charge in [0, 0.05) is 28.8 Å². The molecule has 0 saturated heterocycles. The van der Waals surface area contributed by atoms with Crippen LogP contribution in [0.2, 0.25) is 0 Å². The number of halogens is 1. The Labute approximate surface area is 273 Å². The Hall–Kier alpha value is -6.11. The summed E-state index contributed by atoms with van der Waals surface area (Å²) in [7, 11) is 0. The molecule has 1 heterocycles. The van der Waals surface area contributed by atoms with E-state index in [1.165, 1.54) is 12.5 Å². The lowest BCUT2D eigenvalue weighted by Crippen LogP contribution is -2.17. The molecule has 0 atom stereocenters. The molecule has 0 spiro atoms. The van der Waals surface area contributed by atoms with Gasteiger partial charge in [-0.25, -0.2) is 14.2 Å². The number of nitro benzene ring substituents is 1. The summed E-state index contributed by atoms with van der Waals surface area (Å²) in [5, 5.41) is 26.4. The summed E-state index contributed by atoms with van der Waals surface area (Å²) in [5.74, 6) is -1.77. The van der Waals surface area contributed by atoms with E-state index in [9.17, 15) is 34.0 Å². The number of amides is 2. The average molecular weight is 652 g/mol. The Morgan fingerprint density at radius 1 is 0.875 bits per heavy atom. The highest BCUT2D eigenvalue weighted by molar-refractivity contribution is 6.10. The fraction of sp³-hybridized carbons (Fsp3) is 0.200. The van der Waals surface area contributed by atoms with Gasteiger partial charge < -0.3 is 25.0 Å². The Morgan fingerprint density at radius 3 is 2.12 bits per heavy atom. The number of hydrogen-bond acceptors (Lipinski definition) is 7. The smallest absolute Gasteiger partial charge is 0.335 e. The van der Waals surface area contributed by atoms with E-state index in [-0.39, 0.29) is 28.6 Å². The number of nitrogens with one attached hydrogen (secondary N) is 2. The third kappa shape index (κ3) is 6.56. The summed E-state index contributed by atoms with van der Waals surface area (Å²) in [6, 6.07) is 22.0. The van der Waals surface area contributed by atoms with E-state index in [4.69, 9.17) is 4.98 Å². The molecule has 0 bridgehead atoms. The van der Waals surface area contributed by atoms with Crippen LogP contribution in [0.1, 0.15) is 69.2 Å². The van der Waals surface area contributed by atoms with E-state index in [1.54, 1.807) is 66.7 Å². The predicted octanol–water partition coefficient (Wildman–Crippen LogP) is 7.63. The molecule has 0 aliphatic heterocycles. The molecule has 1 aromatic heterocycles. The normalized spacial score (nSPS) is 13.2. The molecular weight excluding hydrogens is 621 g/mol. The molecule has 48 heavy (non-hydrogen) atoms. The summed E-state index contributed by atoms with van der Waals surface area (Å²) in [5.41, 5.74) is 2.64. The van der Waals surface area contributed by atoms with Crippen molar-refractivity contribution in [1.82, 2.24) is 9.55 Å². The van der Waals surface area contributed by atoms with Gasteiger partial charge in [-0.3, -0.25) is 19.7 Å². The van der Waals surface area contributed by atoms with Crippen molar-refractivity contribution in [2.24, 2.45) is 0 Å². The molecule has 1 saturated carbocycles. The minimum Gasteiger partial charge on any atom is -0.478 e. The third-order valence-corrected chi connectivity index (χ3v) is 8.33. The maximum Gasteiger partial charge on any atom is 0.335 e. The van der Waals surface area contributed by atoms with Crippen molar-refractivity contribution in [3.63, 3.8) is 0 Å². The third-order valence-electron chi connectivity index (χ3n) is 8.33. The van der Waals surface area contributed by atoms with Gasteiger partial charge in [0.05, 0.1) is 32.9 Å². The Bertz CT molecular complexity index is 2040. The van der Waals surface area contributed by atoms with Crippen LogP contribution in [0.15, 0.2) is 84.9 Å². The largest absolute Gasteiger partial charge is 0.478 e. The van der Waals surface area contributed by atoms with Gasteiger partial charge in [0.15, 0.2) is 5.75 Å². The van der Waals surface area contributed by atoms with Gasteiger partial charge >= 0.3 is 11.7 Å². The first kappa shape index (κ1) is 31.9. The molecule has 1 aliphatic rings. The van der Waals surface area contributed by atoms with Gasteiger partial charge in [-0.15, -0.1) is 0 Å². The fourth-order valence-electron chi connectivity index (χ4n) is 5.99. The lowest BCUT2D eigenvalue weighted by atomic mass is 9.94. The van der Waals surface area contributed by atoms with Crippen molar-refractivity contribution < 1.29 is 33.5 Å². The highest BCUT2D eigenvalue weighted by Gasteiger charge is 2.24. The number of hydrogen-bond donors (Lipinski definition) is 3. The zero-order chi connectivity index (χ0) is 33.8. The number of nitro groups is 1. The van der Waals surface area contributed by atoms with Crippen molar-refractivity contribution >= 4 is 45.9 Å². The summed E-state index contributed by atoms with van der Waals surface area (Å²) in [6.45, 7) is -1.26. The number of alkyl halides is 1. The number of aromatic carboxylic acids is 1. The van der Waals surface area contributed by atoms with Crippen LogP contribution >= 0.6 is 0 Å². The van der Waals surface area contributed by atoms with Gasteiger partial charge in [-0.2, -0.15) is 0 Å². The lowest BCUT2D eigenvalue weighted by Gasteiger charge is -2.25. The Balaban J connectivity index is 1.23. The van der Waals surface area contributed by atoms with Gasteiger partial charge in [-0.1, -0.05) is 43.5 Å². The second-order valence-corrected chi connectivity index (χ2v) is 11.3. The van der Waals surface area contributed by atoms with Crippen LogP contribution in [0.3, 0.4) is 0 Å². The first-order valence-corrected chi connectivity index (χ1v) is 15.3. The van der Waals surface area contributed by atoms with Gasteiger partial charge in [0.1, 0.15) is 5.82 Å². The van der Waals surface area contributed by atoms with Crippen molar-refractivity contribution in [1.29, 1.82) is 0 Å². The summed E-state index contributed by atoms with van der Waals surface area (Å²) < 4.78 is 19.4. The summed E-state index contributed by atoms with van der Waals surface area (Å²) >= 11 is 0. The molecule has 12 nitrogen and oxygen atoms in total. The first-order chi connectivity index (χ1) is 23.2. The van der Waals surface area contributed by atoms with Crippen LogP contribution in [0.4, 0.5) is 21.5 Å². The maximum absolute atomic E-state index is 13.3. The van der Waals surface area contributed by atoms with E-state index in [0.29, 0.717) is 22.6 Å². The minimum atomic E-state index is -1.26. The number of imidazole rings is 1. The number of aromatic nitrogens is 2. The Kier molecular flexibility index (Phi) is 9.10. The van der Waals surface area contributed by atoms with E-state index in [2.05, 4.69) is 19.9 Å². The molecule has 13 heteroatoms. The van der Waals surface area contributed by atoms with E-state index in [0.717, 1.165) is 48.9 Å². The molecule has 1 fully saturated rings. The van der Waals surface area contributed by atoms with Crippen LogP contribution < -0.4 is 15.4 Å². The number of carbonyl (C=O) groups is 3. The van der Waals surface area contributed by atoms with Crippen molar-refractivity contribution in [2.45, 2.75) is 38.1 Å². The standard InChI is InChI=1S/C35H30FN5O7/c36-20-48-31-17-15-23(19-30(31)41(46)47)34(43)39-27-9-5-4-8-26(27)38-33(42)22-12-10-21(11-13-22)32-37-28-18-24(35(44)45)14-16-29(28)40(32)25-6-2-1-3-7-25/h4-5,8-19,25H,1-3,6-7,20H2,(H,38,42)(H,39,43)(H,44,45). The van der Waals surface area contributed by atoms with Crippen LogP contribution in [-0.4, -0.2) is 44.2 Å². The lowest BCUT2D eigenvalue weighted by molar-refractivity contribution is -0.386. The summed E-state index contributed by atoms with van der Waals surface area (Å²) in [6.07, 6.45) is 5.35. The molecule has 1 aliphatic carbocycles. The van der Waals surface area contributed by atoms with Crippen molar-refractivity contribution in [3.8, 4) is 17.1 Å². The molecular formula is C35H30FN5O7. The second kappa shape index (κ2) is 13.7. The van der Waals surface area contributed by atoms with Crippen LogP contribution in [0.5, 0.6) is 5.75 Å². The number of ether oxygens (including phenoxy) is 1. The SMILES string of the molecule is O=C(O)c1ccc2c(c1)nc(-c1ccc(C(=O)Nc3ccccc3NC(=O)c3ccc(OCF)c([N+](=O)[O-])c3)cc1)n2C1CCCCC1.